The van der Waals surface area contributed by atoms with Gasteiger partial charge in [0.25, 0.3) is 5.91 Å². The van der Waals surface area contributed by atoms with Crippen molar-refractivity contribution in [1.29, 1.82) is 0 Å². The summed E-state index contributed by atoms with van der Waals surface area (Å²) in [5.74, 6) is -0.225. The zero-order chi connectivity index (χ0) is 19.1. The molecule has 1 amide bonds. The molecule has 0 saturated heterocycles. The van der Waals surface area contributed by atoms with Gasteiger partial charge in [0.15, 0.2) is 0 Å². The van der Waals surface area contributed by atoms with E-state index >= 15 is 0 Å². The highest BCUT2D eigenvalue weighted by Gasteiger charge is 2.12. The molecule has 0 atom stereocenters. The molecule has 0 aliphatic rings. The van der Waals surface area contributed by atoms with Crippen molar-refractivity contribution in [1.82, 2.24) is 0 Å². The Hall–Kier alpha value is -2.92. The van der Waals surface area contributed by atoms with E-state index in [-0.39, 0.29) is 11.3 Å². The van der Waals surface area contributed by atoms with Crippen LogP contribution in [-0.2, 0) is 0 Å². The lowest BCUT2D eigenvalue weighted by Gasteiger charge is -2.09. The van der Waals surface area contributed by atoms with Crippen molar-refractivity contribution < 1.29 is 9.21 Å². The molecule has 4 aromatic rings. The molecule has 0 saturated carbocycles. The van der Waals surface area contributed by atoms with Gasteiger partial charge in [0.05, 0.1) is 10.8 Å². The van der Waals surface area contributed by atoms with Crippen LogP contribution in [-0.4, -0.2) is 5.91 Å². The Morgan fingerprint density at radius 1 is 0.963 bits per heavy atom. The van der Waals surface area contributed by atoms with Gasteiger partial charge >= 0.3 is 0 Å². The molecular formula is C22H16BrNO3. The zero-order valence-corrected chi connectivity index (χ0v) is 16.4. The number of carbonyl (C=O) groups excluding carboxylic acids is 1. The predicted molar refractivity (Wildman–Crippen MR) is 112 cm³/mol. The molecule has 4 rings (SSSR count). The standard InChI is InChI=1S/C22H16BrNO3/c1-12-3-9-18-20(25)17-10-8-16(11-19(17)27-21(18)13(12)2)24-22(26)14-4-6-15(23)7-5-14/h3-11H,1-2H3,(H,24,26). The van der Waals surface area contributed by atoms with E-state index in [1.165, 1.54) is 0 Å². The first-order chi connectivity index (χ1) is 12.9. The number of fused-ring (bicyclic) bond motifs is 2. The van der Waals surface area contributed by atoms with E-state index < -0.39 is 0 Å². The van der Waals surface area contributed by atoms with Crippen LogP contribution in [0, 0.1) is 13.8 Å². The second kappa shape index (κ2) is 6.67. The van der Waals surface area contributed by atoms with E-state index in [0.29, 0.717) is 33.2 Å². The highest BCUT2D eigenvalue weighted by atomic mass is 79.9. The van der Waals surface area contributed by atoms with Crippen molar-refractivity contribution in [2.24, 2.45) is 0 Å². The van der Waals surface area contributed by atoms with Crippen molar-refractivity contribution in [3.63, 3.8) is 0 Å². The average Bonchev–Trinajstić information content (AvgIpc) is 2.65. The minimum atomic E-state index is -0.225. The van der Waals surface area contributed by atoms with Gasteiger partial charge < -0.3 is 9.73 Å². The second-order valence-corrected chi connectivity index (χ2v) is 7.40. The summed E-state index contributed by atoms with van der Waals surface area (Å²) in [4.78, 5) is 25.2. The average molecular weight is 422 g/mol. The monoisotopic (exact) mass is 421 g/mol. The number of aryl methyl sites for hydroxylation is 2. The van der Waals surface area contributed by atoms with Gasteiger partial charge in [0, 0.05) is 21.8 Å². The van der Waals surface area contributed by atoms with Gasteiger partial charge in [0.2, 0.25) is 5.43 Å². The first-order valence-electron chi connectivity index (χ1n) is 8.48. The van der Waals surface area contributed by atoms with Gasteiger partial charge in [-0.05, 0) is 67.4 Å². The van der Waals surface area contributed by atoms with Crippen LogP contribution < -0.4 is 10.7 Å². The quantitative estimate of drug-likeness (QED) is 0.429. The summed E-state index contributed by atoms with van der Waals surface area (Å²) >= 11 is 3.35. The Bertz CT molecular complexity index is 1260. The largest absolute Gasteiger partial charge is 0.455 e. The second-order valence-electron chi connectivity index (χ2n) is 6.49. The summed E-state index contributed by atoms with van der Waals surface area (Å²) in [5, 5.41) is 3.91. The molecule has 1 aromatic heterocycles. The first-order valence-corrected chi connectivity index (χ1v) is 9.27. The number of amides is 1. The van der Waals surface area contributed by atoms with Crippen molar-refractivity contribution in [2.75, 3.05) is 5.32 Å². The van der Waals surface area contributed by atoms with Gasteiger partial charge in [-0.1, -0.05) is 22.0 Å². The van der Waals surface area contributed by atoms with Crippen LogP contribution in [0.25, 0.3) is 21.9 Å². The van der Waals surface area contributed by atoms with Gasteiger partial charge in [0.1, 0.15) is 11.2 Å². The van der Waals surface area contributed by atoms with E-state index in [2.05, 4.69) is 21.2 Å². The van der Waals surface area contributed by atoms with E-state index in [1.54, 1.807) is 36.4 Å². The molecule has 3 aromatic carbocycles. The van der Waals surface area contributed by atoms with Crippen LogP contribution in [0.4, 0.5) is 5.69 Å². The minimum Gasteiger partial charge on any atom is -0.455 e. The molecule has 0 bridgehead atoms. The summed E-state index contributed by atoms with van der Waals surface area (Å²) in [7, 11) is 0. The third-order valence-corrected chi connectivity index (χ3v) is 5.25. The van der Waals surface area contributed by atoms with E-state index in [1.807, 2.05) is 32.0 Å². The number of rotatable bonds is 2. The Kier molecular flexibility index (Phi) is 4.32. The summed E-state index contributed by atoms with van der Waals surface area (Å²) in [6.07, 6.45) is 0. The molecule has 134 valence electrons. The zero-order valence-electron chi connectivity index (χ0n) is 14.8. The van der Waals surface area contributed by atoms with Gasteiger partial charge in [-0.3, -0.25) is 9.59 Å². The minimum absolute atomic E-state index is 0.0693. The topological polar surface area (TPSA) is 59.3 Å². The molecule has 0 unspecified atom stereocenters. The molecule has 1 N–H and O–H groups in total. The first kappa shape index (κ1) is 17.5. The third-order valence-electron chi connectivity index (χ3n) is 4.72. The Morgan fingerprint density at radius 2 is 1.67 bits per heavy atom. The van der Waals surface area contributed by atoms with Crippen LogP contribution in [0.2, 0.25) is 0 Å². The Morgan fingerprint density at radius 3 is 2.41 bits per heavy atom. The van der Waals surface area contributed by atoms with E-state index in [4.69, 9.17) is 4.42 Å². The maximum Gasteiger partial charge on any atom is 0.255 e. The van der Waals surface area contributed by atoms with E-state index in [0.717, 1.165) is 15.6 Å². The molecule has 4 nitrogen and oxygen atoms in total. The highest BCUT2D eigenvalue weighted by Crippen LogP contribution is 2.25. The van der Waals surface area contributed by atoms with Crippen molar-refractivity contribution >= 4 is 49.5 Å². The number of hydrogen-bond donors (Lipinski definition) is 1. The molecule has 0 fully saturated rings. The summed E-state index contributed by atoms with van der Waals surface area (Å²) in [6.45, 7) is 3.92. The lowest BCUT2D eigenvalue weighted by molar-refractivity contribution is 0.102. The Balaban J connectivity index is 1.78. The maximum absolute atomic E-state index is 12.8. The van der Waals surface area contributed by atoms with Crippen molar-refractivity contribution in [3.05, 3.63) is 86.0 Å². The fraction of sp³-hybridized carbons (Fsp3) is 0.0909. The molecule has 5 heteroatoms. The smallest absolute Gasteiger partial charge is 0.255 e. The number of carbonyl (C=O) groups is 1. The molecule has 1 heterocycles. The predicted octanol–water partition coefficient (Wildman–Crippen LogP) is 5.58. The molecule has 0 aliphatic heterocycles. The van der Waals surface area contributed by atoms with Crippen LogP contribution >= 0.6 is 15.9 Å². The van der Waals surface area contributed by atoms with Crippen LogP contribution in [0.3, 0.4) is 0 Å². The third kappa shape index (κ3) is 3.15. The SMILES string of the molecule is Cc1ccc2c(=O)c3ccc(NC(=O)c4ccc(Br)cc4)cc3oc2c1C. The number of anilines is 1. The fourth-order valence-electron chi connectivity index (χ4n) is 3.03. The number of benzene rings is 3. The van der Waals surface area contributed by atoms with Crippen LogP contribution in [0.15, 0.2) is 68.3 Å². The maximum atomic E-state index is 12.8. The molecule has 0 radical (unpaired) electrons. The molecule has 27 heavy (non-hydrogen) atoms. The van der Waals surface area contributed by atoms with Crippen LogP contribution in [0.5, 0.6) is 0 Å². The fourth-order valence-corrected chi connectivity index (χ4v) is 3.30. The molecule has 0 aliphatic carbocycles. The van der Waals surface area contributed by atoms with Crippen molar-refractivity contribution in [2.45, 2.75) is 13.8 Å². The Labute approximate surface area is 163 Å². The summed E-state index contributed by atoms with van der Waals surface area (Å²) < 4.78 is 6.93. The lowest BCUT2D eigenvalue weighted by atomic mass is 10.0. The van der Waals surface area contributed by atoms with Crippen LogP contribution in [0.1, 0.15) is 21.5 Å². The van der Waals surface area contributed by atoms with Crippen molar-refractivity contribution in [3.8, 4) is 0 Å². The lowest BCUT2D eigenvalue weighted by Crippen LogP contribution is -2.12. The summed E-state index contributed by atoms with van der Waals surface area (Å²) in [5.41, 5.74) is 4.09. The highest BCUT2D eigenvalue weighted by molar-refractivity contribution is 9.10. The number of hydrogen-bond acceptors (Lipinski definition) is 3. The normalized spacial score (nSPS) is 11.1. The van der Waals surface area contributed by atoms with Gasteiger partial charge in [-0.15, -0.1) is 0 Å². The number of halogens is 1. The van der Waals surface area contributed by atoms with Gasteiger partial charge in [-0.25, -0.2) is 0 Å². The number of nitrogens with one attached hydrogen (secondary N) is 1. The molecule has 0 spiro atoms. The van der Waals surface area contributed by atoms with Gasteiger partial charge in [-0.2, -0.15) is 0 Å². The van der Waals surface area contributed by atoms with E-state index in [9.17, 15) is 9.59 Å². The molecular weight excluding hydrogens is 406 g/mol. The summed E-state index contributed by atoms with van der Waals surface area (Å²) in [6, 6.07) is 15.9.